The van der Waals surface area contributed by atoms with Crippen LogP contribution in [-0.4, -0.2) is 149 Å². The molecule has 2 aliphatic heterocycles. The molecule has 1 unspecified atom stereocenters. The molecule has 1 saturated heterocycles. The van der Waals surface area contributed by atoms with Gasteiger partial charge in [-0.05, 0) is 23.8 Å². The van der Waals surface area contributed by atoms with Crippen molar-refractivity contribution in [1.29, 1.82) is 0 Å². The van der Waals surface area contributed by atoms with Gasteiger partial charge in [-0.2, -0.15) is 0 Å². The minimum Gasteiger partial charge on any atom is -0.377 e. The van der Waals surface area contributed by atoms with E-state index >= 15 is 0 Å². The highest BCUT2D eigenvalue weighted by Crippen LogP contribution is 2.33. The highest BCUT2D eigenvalue weighted by Gasteiger charge is 2.33. The molecule has 3 rings (SSSR count). The van der Waals surface area contributed by atoms with E-state index in [0.717, 1.165) is 19.5 Å². The van der Waals surface area contributed by atoms with Gasteiger partial charge in [-0.3, -0.25) is 4.79 Å². The number of hydrogen-bond donors (Lipinski definition) is 1. The maximum absolute atomic E-state index is 12.3. The number of carbonyl (C=O) groups excluding carboxylic acids is 2. The molecular formula is C33H56N6O9. The van der Waals surface area contributed by atoms with Gasteiger partial charge >= 0.3 is 6.03 Å². The summed E-state index contributed by atoms with van der Waals surface area (Å²) in [6, 6.07) is -0.00737. The van der Waals surface area contributed by atoms with Gasteiger partial charge in [0.1, 0.15) is 5.69 Å². The number of allylic oxidation sites excluding steroid dienone is 1. The fraction of sp³-hybridized carbons (Fsp3) is 0.758. The van der Waals surface area contributed by atoms with Crippen LogP contribution in [0.5, 0.6) is 0 Å². The van der Waals surface area contributed by atoms with Crippen LogP contribution in [0.3, 0.4) is 0 Å². The van der Waals surface area contributed by atoms with E-state index in [1.54, 1.807) is 21.9 Å². The number of carbonyl (C=O) groups is 2. The van der Waals surface area contributed by atoms with Gasteiger partial charge in [0.2, 0.25) is 0 Å². The summed E-state index contributed by atoms with van der Waals surface area (Å²) in [5, 5.41) is 11.1. The molecule has 1 N–H and O–H groups in total. The van der Waals surface area contributed by atoms with E-state index in [1.807, 2.05) is 4.90 Å². The third-order valence-corrected chi connectivity index (χ3v) is 7.86. The monoisotopic (exact) mass is 680 g/mol. The minimum atomic E-state index is -0.0988. The first kappa shape index (κ1) is 39.5. The van der Waals surface area contributed by atoms with Gasteiger partial charge in [0.05, 0.1) is 112 Å². The lowest BCUT2D eigenvalue weighted by Crippen LogP contribution is -2.40. The SMILES string of the molecule is C=C1C=CC(=O)N1Cc1cn(CCOCCOCCOCCOCCOCCOCCOCCNC(=O)N2CCC(C(C)(C)C)C2)nn1. The van der Waals surface area contributed by atoms with Crippen molar-refractivity contribution in [3.63, 3.8) is 0 Å². The molecule has 1 fully saturated rings. The molecule has 2 aliphatic rings. The van der Waals surface area contributed by atoms with E-state index in [0.29, 0.717) is 129 Å². The number of nitrogens with zero attached hydrogens (tertiary/aromatic N) is 5. The molecule has 1 aromatic heterocycles. The lowest BCUT2D eigenvalue weighted by atomic mass is 9.80. The molecule has 15 heteroatoms. The number of urea groups is 1. The van der Waals surface area contributed by atoms with Crippen LogP contribution < -0.4 is 5.32 Å². The Morgan fingerprint density at radius 1 is 0.833 bits per heavy atom. The van der Waals surface area contributed by atoms with Gasteiger partial charge < -0.3 is 48.3 Å². The molecule has 0 spiro atoms. The molecule has 3 amide bonds. The molecule has 3 heterocycles. The van der Waals surface area contributed by atoms with E-state index in [2.05, 4.69) is 43.0 Å². The Hall–Kier alpha value is -2.92. The normalized spacial score (nSPS) is 16.5. The van der Waals surface area contributed by atoms with Crippen molar-refractivity contribution in [2.45, 2.75) is 40.3 Å². The highest BCUT2D eigenvalue weighted by molar-refractivity contribution is 5.92. The maximum atomic E-state index is 12.3. The zero-order chi connectivity index (χ0) is 34.5. The van der Waals surface area contributed by atoms with Crippen LogP contribution in [0.25, 0.3) is 0 Å². The predicted octanol–water partition coefficient (Wildman–Crippen LogP) is 1.88. The van der Waals surface area contributed by atoms with Crippen LogP contribution in [0.2, 0.25) is 0 Å². The van der Waals surface area contributed by atoms with Gasteiger partial charge in [-0.25, -0.2) is 9.48 Å². The quantitative estimate of drug-likeness (QED) is 0.143. The van der Waals surface area contributed by atoms with Crippen LogP contribution in [0, 0.1) is 11.3 Å². The van der Waals surface area contributed by atoms with Crippen molar-refractivity contribution < 1.29 is 42.7 Å². The van der Waals surface area contributed by atoms with E-state index in [1.165, 1.54) is 6.08 Å². The van der Waals surface area contributed by atoms with Crippen LogP contribution in [0.4, 0.5) is 4.79 Å². The summed E-state index contributed by atoms with van der Waals surface area (Å²) in [4.78, 5) is 27.5. The van der Waals surface area contributed by atoms with Gasteiger partial charge in [0, 0.05) is 31.4 Å². The lowest BCUT2D eigenvalue weighted by molar-refractivity contribution is -0.123. The second kappa shape index (κ2) is 22.7. The van der Waals surface area contributed by atoms with E-state index in [4.69, 9.17) is 33.2 Å². The standard InChI is InChI=1S/C33H56N6O9/c1-28-5-6-31(40)39(28)27-30-26-38(36-35-30)10-12-43-14-16-45-18-20-47-22-24-48-23-21-46-19-17-44-15-13-42-11-8-34-32(41)37-9-7-29(25-37)33(2,3)4/h5-6,26,29H,1,7-25,27H2,2-4H3,(H,34,41). The largest absolute Gasteiger partial charge is 0.377 e. The molecule has 1 aromatic rings. The molecule has 48 heavy (non-hydrogen) atoms. The lowest BCUT2D eigenvalue weighted by Gasteiger charge is -2.27. The summed E-state index contributed by atoms with van der Waals surface area (Å²) < 4.78 is 40.3. The highest BCUT2D eigenvalue weighted by atomic mass is 16.6. The predicted molar refractivity (Wildman–Crippen MR) is 177 cm³/mol. The van der Waals surface area contributed by atoms with Crippen molar-refractivity contribution in [2.75, 3.05) is 112 Å². The molecule has 0 saturated carbocycles. The molecule has 0 aliphatic carbocycles. The van der Waals surface area contributed by atoms with Gasteiger partial charge in [0.25, 0.3) is 5.91 Å². The van der Waals surface area contributed by atoms with Gasteiger partial charge in [-0.1, -0.05) is 32.6 Å². The number of aromatic nitrogens is 3. The topological polar surface area (TPSA) is 148 Å². The Labute approximate surface area is 284 Å². The molecule has 0 bridgehead atoms. The average Bonchev–Trinajstić information content (AvgIpc) is 3.81. The molecule has 0 radical (unpaired) electrons. The second-order valence-corrected chi connectivity index (χ2v) is 12.5. The van der Waals surface area contributed by atoms with E-state index < -0.39 is 0 Å². The summed E-state index contributed by atoms with van der Waals surface area (Å²) in [5.74, 6) is 0.448. The first-order chi connectivity index (χ1) is 23.2. The Bertz CT molecular complexity index is 1090. The van der Waals surface area contributed by atoms with Crippen LogP contribution in [0.15, 0.2) is 30.6 Å². The zero-order valence-corrected chi connectivity index (χ0v) is 29.1. The van der Waals surface area contributed by atoms with Crippen LogP contribution in [-0.2, 0) is 51.0 Å². The van der Waals surface area contributed by atoms with Crippen LogP contribution >= 0.6 is 0 Å². The number of nitrogens with one attached hydrogen (secondary N) is 1. The molecule has 0 aromatic carbocycles. The number of likely N-dealkylation sites (tertiary alicyclic amines) is 1. The Morgan fingerprint density at radius 2 is 1.35 bits per heavy atom. The maximum Gasteiger partial charge on any atom is 0.317 e. The number of amides is 3. The summed E-state index contributed by atoms with van der Waals surface area (Å²) in [7, 11) is 0. The second-order valence-electron chi connectivity index (χ2n) is 12.5. The van der Waals surface area contributed by atoms with Crippen molar-refractivity contribution in [1.82, 2.24) is 30.1 Å². The fourth-order valence-corrected chi connectivity index (χ4v) is 4.92. The smallest absolute Gasteiger partial charge is 0.317 e. The Balaban J connectivity index is 0.972. The Morgan fingerprint density at radius 3 is 1.83 bits per heavy atom. The number of rotatable bonds is 26. The van der Waals surface area contributed by atoms with Crippen molar-refractivity contribution in [3.8, 4) is 0 Å². The summed E-state index contributed by atoms with van der Waals surface area (Å²) >= 11 is 0. The molecule has 272 valence electrons. The first-order valence-corrected chi connectivity index (χ1v) is 16.9. The molecule has 1 atom stereocenters. The zero-order valence-electron chi connectivity index (χ0n) is 29.1. The number of hydrogen-bond acceptors (Lipinski definition) is 11. The first-order valence-electron chi connectivity index (χ1n) is 16.9. The minimum absolute atomic E-state index is 0.00737. The Kier molecular flexibility index (Phi) is 18.7. The fourth-order valence-electron chi connectivity index (χ4n) is 4.92. The van der Waals surface area contributed by atoms with Crippen LogP contribution in [0.1, 0.15) is 32.9 Å². The number of ether oxygens (including phenoxy) is 7. The molecular weight excluding hydrogens is 624 g/mol. The van der Waals surface area contributed by atoms with E-state index in [-0.39, 0.29) is 17.4 Å². The summed E-state index contributed by atoms with van der Waals surface area (Å²) in [5.41, 5.74) is 1.57. The third-order valence-electron chi connectivity index (χ3n) is 7.86. The van der Waals surface area contributed by atoms with Crippen molar-refractivity contribution in [3.05, 3.63) is 36.3 Å². The van der Waals surface area contributed by atoms with Gasteiger partial charge in [0.15, 0.2) is 0 Å². The van der Waals surface area contributed by atoms with Crippen molar-refractivity contribution >= 4 is 11.9 Å². The summed E-state index contributed by atoms with van der Waals surface area (Å²) in [6.07, 6.45) is 6.04. The summed E-state index contributed by atoms with van der Waals surface area (Å²) in [6.45, 7) is 20.3. The average molecular weight is 681 g/mol. The third kappa shape index (κ3) is 16.0. The van der Waals surface area contributed by atoms with E-state index in [9.17, 15) is 9.59 Å². The molecule has 15 nitrogen and oxygen atoms in total. The van der Waals surface area contributed by atoms with Gasteiger partial charge in [-0.15, -0.1) is 5.10 Å². The van der Waals surface area contributed by atoms with Crippen molar-refractivity contribution in [2.24, 2.45) is 11.3 Å².